The van der Waals surface area contributed by atoms with E-state index in [1.807, 2.05) is 13.8 Å². The molecule has 0 N–H and O–H groups in total. The van der Waals surface area contributed by atoms with Crippen molar-refractivity contribution in [1.82, 2.24) is 0 Å². The highest BCUT2D eigenvalue weighted by Gasteiger charge is 2.81. The first-order chi connectivity index (χ1) is 19.1. The monoisotopic (exact) mass is 632 g/mol. The van der Waals surface area contributed by atoms with Gasteiger partial charge in [0.2, 0.25) is 0 Å². The fraction of sp³-hybridized carbons (Fsp3) is 1.00. The van der Waals surface area contributed by atoms with Gasteiger partial charge in [0.25, 0.3) is 0 Å². The van der Waals surface area contributed by atoms with Crippen molar-refractivity contribution >= 4 is 7.14 Å². The first kappa shape index (κ1) is 40.6. The minimum atomic E-state index is -6.79. The summed E-state index contributed by atoms with van der Waals surface area (Å²) in [6.07, 6.45) is 13.5. The van der Waals surface area contributed by atoms with Crippen molar-refractivity contribution in [2.75, 3.05) is 18.5 Å². The Kier molecular flexibility index (Phi) is 20.3. The van der Waals surface area contributed by atoms with E-state index in [-0.39, 0.29) is 6.42 Å². The van der Waals surface area contributed by atoms with Crippen LogP contribution in [0, 0.1) is 0 Å². The minimum Gasteiger partial charge on any atom is -0.324 e. The molecule has 248 valence electrons. The predicted octanol–water partition coefficient (Wildman–Crippen LogP) is 13.0. The molecule has 0 fully saturated rings. The van der Waals surface area contributed by atoms with E-state index in [1.165, 1.54) is 64.2 Å². The number of halogens is 9. The maximum Gasteiger partial charge on any atom is 0.460 e. The van der Waals surface area contributed by atoms with Crippen LogP contribution >= 0.6 is 7.14 Å². The van der Waals surface area contributed by atoms with Crippen LogP contribution in [0.3, 0.4) is 0 Å². The smallest absolute Gasteiger partial charge is 0.324 e. The van der Waals surface area contributed by atoms with Crippen LogP contribution in [-0.4, -0.2) is 42.4 Å². The Morgan fingerprint density at radius 2 is 0.683 bits per heavy atom. The van der Waals surface area contributed by atoms with Gasteiger partial charge >= 0.3 is 23.9 Å². The molecule has 0 aromatic rings. The molecule has 11 heteroatoms. The van der Waals surface area contributed by atoms with Crippen LogP contribution in [0.25, 0.3) is 0 Å². The first-order valence-corrected chi connectivity index (χ1v) is 18.1. The normalized spacial score (nSPS) is 13.7. The lowest BCUT2D eigenvalue weighted by atomic mass is 9.97. The molecule has 0 aliphatic carbocycles. The lowest BCUT2D eigenvalue weighted by Crippen LogP contribution is -2.60. The fourth-order valence-corrected chi connectivity index (χ4v) is 6.91. The highest BCUT2D eigenvalue weighted by atomic mass is 31.2. The molecule has 0 amide bonds. The summed E-state index contributed by atoms with van der Waals surface area (Å²) in [7, 11) is -1.87. The molecule has 0 aliphatic rings. The summed E-state index contributed by atoms with van der Waals surface area (Å²) in [4.78, 5) is 0. The van der Waals surface area contributed by atoms with Gasteiger partial charge in [-0.15, -0.1) is 0 Å². The molecule has 0 spiro atoms. The fourth-order valence-electron chi connectivity index (χ4n) is 5.03. The second kappa shape index (κ2) is 20.5. The van der Waals surface area contributed by atoms with E-state index >= 15 is 0 Å². The van der Waals surface area contributed by atoms with Gasteiger partial charge in [0.05, 0.1) is 7.14 Å². The third-order valence-electron chi connectivity index (χ3n) is 8.17. The number of rotatable bonds is 27. The third-order valence-corrected chi connectivity index (χ3v) is 11.6. The van der Waals surface area contributed by atoms with Crippen molar-refractivity contribution in [2.24, 2.45) is 0 Å². The van der Waals surface area contributed by atoms with Gasteiger partial charge in [-0.1, -0.05) is 129 Å². The Morgan fingerprint density at radius 3 is 0.951 bits per heavy atom. The molecule has 41 heavy (non-hydrogen) atoms. The third kappa shape index (κ3) is 15.8. The summed E-state index contributed by atoms with van der Waals surface area (Å²) in [5.74, 6) is -18.7. The standard InChI is InChI=1S/C30H54F9OP/c1-3-41(40,4-2)26-24-22-20-18-16-14-12-10-8-6-5-7-9-11-13-15-17-19-21-23-25-27(31,32)28(33,34)29(35,36)30(37,38)39/h3-26H2,1-2H3. The van der Waals surface area contributed by atoms with Gasteiger partial charge in [-0.25, -0.2) is 0 Å². The van der Waals surface area contributed by atoms with Gasteiger partial charge < -0.3 is 4.57 Å². The molecular formula is C30H54F9OP. The SMILES string of the molecule is CCP(=O)(CC)CCCCCCCCCCCCCCCCCCCCCCC(F)(F)C(F)(F)C(F)(F)C(F)(F)F. The van der Waals surface area contributed by atoms with Crippen molar-refractivity contribution < 1.29 is 44.1 Å². The van der Waals surface area contributed by atoms with Gasteiger partial charge in [-0.3, -0.25) is 0 Å². The molecule has 0 rings (SSSR count). The summed E-state index contributed by atoms with van der Waals surface area (Å²) in [6.45, 7) is 4.07. The predicted molar refractivity (Wildman–Crippen MR) is 151 cm³/mol. The lowest BCUT2D eigenvalue weighted by molar-refractivity contribution is -0.396. The van der Waals surface area contributed by atoms with Gasteiger partial charge in [0, 0.05) is 12.6 Å². The van der Waals surface area contributed by atoms with Crippen LogP contribution in [0.5, 0.6) is 0 Å². The number of hydrogen-bond donors (Lipinski definition) is 0. The molecule has 0 radical (unpaired) electrons. The summed E-state index contributed by atoms with van der Waals surface area (Å²) in [6, 6.07) is 0. The highest BCUT2D eigenvalue weighted by molar-refractivity contribution is 7.63. The maximum absolute atomic E-state index is 13.5. The quantitative estimate of drug-likeness (QED) is 0.0500. The van der Waals surface area contributed by atoms with Crippen LogP contribution in [-0.2, 0) is 4.57 Å². The summed E-state index contributed by atoms with van der Waals surface area (Å²) in [5, 5.41) is 0. The average Bonchev–Trinajstić information content (AvgIpc) is 2.90. The van der Waals surface area contributed by atoms with Gasteiger partial charge in [0.15, 0.2) is 0 Å². The van der Waals surface area contributed by atoms with Crippen molar-refractivity contribution in [3.63, 3.8) is 0 Å². The molecule has 0 aliphatic heterocycles. The zero-order chi connectivity index (χ0) is 31.5. The van der Waals surface area contributed by atoms with E-state index in [1.54, 1.807) is 0 Å². The van der Waals surface area contributed by atoms with Gasteiger partial charge in [-0.2, -0.15) is 39.5 Å². The van der Waals surface area contributed by atoms with Crippen LogP contribution < -0.4 is 0 Å². The zero-order valence-corrected chi connectivity index (χ0v) is 26.1. The molecule has 0 heterocycles. The number of alkyl halides is 9. The molecule has 0 saturated heterocycles. The Labute approximate surface area is 242 Å². The average molecular weight is 633 g/mol. The maximum atomic E-state index is 13.5. The Bertz CT molecular complexity index is 688. The molecule has 0 aromatic carbocycles. The van der Waals surface area contributed by atoms with E-state index in [9.17, 15) is 44.1 Å². The van der Waals surface area contributed by atoms with Gasteiger partial charge in [0.1, 0.15) is 0 Å². The van der Waals surface area contributed by atoms with E-state index in [4.69, 9.17) is 0 Å². The van der Waals surface area contributed by atoms with Crippen LogP contribution in [0.15, 0.2) is 0 Å². The molecule has 1 nitrogen and oxygen atoms in total. The minimum absolute atomic E-state index is 0.0749. The molecule has 0 bridgehead atoms. The van der Waals surface area contributed by atoms with E-state index in [0.29, 0.717) is 12.8 Å². The lowest BCUT2D eigenvalue weighted by Gasteiger charge is -2.33. The van der Waals surface area contributed by atoms with Gasteiger partial charge in [-0.05, 0) is 25.2 Å². The summed E-state index contributed by atoms with van der Waals surface area (Å²) in [5.41, 5.74) is 0. The van der Waals surface area contributed by atoms with Crippen LogP contribution in [0.1, 0.15) is 149 Å². The molecule has 0 saturated carbocycles. The van der Waals surface area contributed by atoms with Crippen LogP contribution in [0.4, 0.5) is 39.5 Å². The first-order valence-electron chi connectivity index (χ1n) is 15.8. The summed E-state index contributed by atoms with van der Waals surface area (Å²) >= 11 is 0. The number of unbranched alkanes of at least 4 members (excludes halogenated alkanes) is 19. The van der Waals surface area contributed by atoms with Crippen molar-refractivity contribution in [2.45, 2.75) is 173 Å². The van der Waals surface area contributed by atoms with E-state index in [2.05, 4.69) is 0 Å². The topological polar surface area (TPSA) is 17.1 Å². The Balaban J connectivity index is 3.55. The Hall–Kier alpha value is -0.400. The largest absolute Gasteiger partial charge is 0.460 e. The van der Waals surface area contributed by atoms with Crippen molar-refractivity contribution in [3.05, 3.63) is 0 Å². The molecule has 0 aromatic heterocycles. The molecule has 0 atom stereocenters. The van der Waals surface area contributed by atoms with Crippen LogP contribution in [0.2, 0.25) is 0 Å². The van der Waals surface area contributed by atoms with Crippen molar-refractivity contribution in [3.8, 4) is 0 Å². The molecule has 0 unspecified atom stereocenters. The zero-order valence-electron chi connectivity index (χ0n) is 25.2. The summed E-state index contributed by atoms with van der Waals surface area (Å²) < 4.78 is 128. The van der Waals surface area contributed by atoms with Crippen molar-refractivity contribution in [1.29, 1.82) is 0 Å². The number of hydrogen-bond acceptors (Lipinski definition) is 1. The van der Waals surface area contributed by atoms with E-state index in [0.717, 1.165) is 57.0 Å². The molecular weight excluding hydrogens is 578 g/mol. The van der Waals surface area contributed by atoms with E-state index < -0.39 is 43.9 Å². The Morgan fingerprint density at radius 1 is 0.415 bits per heavy atom. The second-order valence-electron chi connectivity index (χ2n) is 11.6. The second-order valence-corrected chi connectivity index (χ2v) is 15.4. The highest BCUT2D eigenvalue weighted by Crippen LogP contribution is 2.54.